The maximum absolute atomic E-state index is 9.96. The fraction of sp³-hybridized carbons (Fsp3) is 0.182. The van der Waals surface area contributed by atoms with Crippen LogP contribution in [-0.2, 0) is 0 Å². The third kappa shape index (κ3) is 3.60. The molecule has 1 nitrogen and oxygen atoms in total. The maximum Gasteiger partial charge on any atom is 0.320 e. The van der Waals surface area contributed by atoms with Crippen LogP contribution in [0.5, 0.6) is 0 Å². The normalized spacial score (nSPS) is 11.5. The molecule has 3 rings (SSSR count). The van der Waals surface area contributed by atoms with Crippen LogP contribution >= 0.6 is 0 Å². The summed E-state index contributed by atoms with van der Waals surface area (Å²) in [5, 5.41) is 12.5. The van der Waals surface area contributed by atoms with E-state index in [2.05, 4.69) is 86.7 Å². The molecule has 0 aliphatic heterocycles. The van der Waals surface area contributed by atoms with Gasteiger partial charge in [-0.2, -0.15) is 0 Å². The Bertz CT molecular complexity index is 847. The van der Waals surface area contributed by atoms with Crippen molar-refractivity contribution >= 4 is 35.3 Å². The summed E-state index contributed by atoms with van der Waals surface area (Å²) in [5.41, 5.74) is 4.57. The summed E-state index contributed by atoms with van der Waals surface area (Å²) in [7, 11) is 0. The van der Waals surface area contributed by atoms with Crippen molar-refractivity contribution in [2.75, 3.05) is 0 Å². The average Bonchev–Trinajstić information content (AvgIpc) is 2.59. The molecule has 0 fully saturated rings. The van der Waals surface area contributed by atoms with Crippen LogP contribution in [-0.4, -0.2) is 11.9 Å². The Kier molecular flexibility index (Phi) is 4.87. The Morgan fingerprint density at radius 2 is 1.67 bits per heavy atom. The van der Waals surface area contributed by atoms with Gasteiger partial charge in [-0.1, -0.05) is 93.5 Å². The van der Waals surface area contributed by atoms with E-state index in [1.54, 1.807) is 0 Å². The molecular weight excluding hydrogens is 291 g/mol. The molecule has 0 aliphatic rings. The van der Waals surface area contributed by atoms with Crippen LogP contribution in [0.25, 0.3) is 22.9 Å². The lowest BCUT2D eigenvalue weighted by molar-refractivity contribution is 0.594. The van der Waals surface area contributed by atoms with E-state index < -0.39 is 6.92 Å². The summed E-state index contributed by atoms with van der Waals surface area (Å²) in [5.74, 6) is 0.438. The molecule has 3 aromatic carbocycles. The minimum Gasteiger partial charge on any atom is -0.447 e. The van der Waals surface area contributed by atoms with Crippen molar-refractivity contribution in [3.05, 3.63) is 77.4 Å². The highest BCUT2D eigenvalue weighted by Gasteiger charge is 2.10. The Morgan fingerprint density at radius 1 is 0.917 bits per heavy atom. The Hall–Kier alpha value is -2.32. The Balaban J connectivity index is 2.02. The largest absolute Gasteiger partial charge is 0.447 e. The highest BCUT2D eigenvalue weighted by atomic mass is 16.2. The zero-order chi connectivity index (χ0) is 17.1. The second-order valence-corrected chi connectivity index (χ2v) is 6.67. The second-order valence-electron chi connectivity index (χ2n) is 6.67. The molecule has 0 spiro atoms. The van der Waals surface area contributed by atoms with Crippen LogP contribution in [0.3, 0.4) is 0 Å². The molecule has 24 heavy (non-hydrogen) atoms. The van der Waals surface area contributed by atoms with Crippen LogP contribution in [0.1, 0.15) is 36.5 Å². The Morgan fingerprint density at radius 3 is 2.42 bits per heavy atom. The van der Waals surface area contributed by atoms with Gasteiger partial charge in [0.2, 0.25) is 0 Å². The van der Waals surface area contributed by atoms with Crippen molar-refractivity contribution in [2.24, 2.45) is 0 Å². The van der Waals surface area contributed by atoms with Gasteiger partial charge in [-0.05, 0) is 38.8 Å². The summed E-state index contributed by atoms with van der Waals surface area (Å²) in [4.78, 5) is 0. The molecule has 120 valence electrons. The van der Waals surface area contributed by atoms with Gasteiger partial charge in [0.1, 0.15) is 0 Å². The van der Waals surface area contributed by atoms with Crippen molar-refractivity contribution in [3.8, 4) is 0 Å². The van der Waals surface area contributed by atoms with Crippen LogP contribution in [0.4, 0.5) is 0 Å². The highest BCUT2D eigenvalue weighted by molar-refractivity contribution is 6.64. The van der Waals surface area contributed by atoms with E-state index in [-0.39, 0.29) is 0 Å². The highest BCUT2D eigenvalue weighted by Crippen LogP contribution is 2.21. The zero-order valence-electron chi connectivity index (χ0n) is 14.5. The molecule has 0 saturated heterocycles. The number of fused-ring (bicyclic) bond motifs is 1. The van der Waals surface area contributed by atoms with Crippen LogP contribution < -0.4 is 5.46 Å². The van der Waals surface area contributed by atoms with Gasteiger partial charge in [-0.3, -0.25) is 0 Å². The summed E-state index contributed by atoms with van der Waals surface area (Å²) in [6.07, 6.45) is 4.30. The van der Waals surface area contributed by atoms with Crippen LogP contribution in [0, 0.1) is 0 Å². The first-order valence-corrected chi connectivity index (χ1v) is 8.53. The monoisotopic (exact) mass is 314 g/mol. The van der Waals surface area contributed by atoms with Gasteiger partial charge < -0.3 is 5.02 Å². The first kappa shape index (κ1) is 16.5. The minimum absolute atomic E-state index is 0.438. The van der Waals surface area contributed by atoms with Gasteiger partial charge in [-0.25, -0.2) is 0 Å². The van der Waals surface area contributed by atoms with E-state index in [0.717, 1.165) is 11.0 Å². The van der Waals surface area contributed by atoms with Gasteiger partial charge in [0, 0.05) is 0 Å². The standard InChI is InChI=1S/C22H23BO/c1-16(2)20-13-17(14-21(15-20)23(3)24)11-12-19-9-6-8-18-7-4-5-10-22(18)19/h4-16,24H,1-3H3/b12-11+. The SMILES string of the molecule is CB(O)c1cc(/C=C/c2cccc3ccccc23)cc(C(C)C)c1. The molecule has 0 bridgehead atoms. The first-order chi connectivity index (χ1) is 11.5. The molecule has 2 heteroatoms. The summed E-state index contributed by atoms with van der Waals surface area (Å²) in [6.45, 7) is 5.73. The van der Waals surface area contributed by atoms with Crippen molar-refractivity contribution < 1.29 is 5.02 Å². The fourth-order valence-electron chi connectivity index (χ4n) is 2.95. The second kappa shape index (κ2) is 7.06. The molecule has 0 unspecified atom stereocenters. The molecule has 0 radical (unpaired) electrons. The summed E-state index contributed by atoms with van der Waals surface area (Å²) >= 11 is 0. The molecule has 0 heterocycles. The average molecular weight is 314 g/mol. The lowest BCUT2D eigenvalue weighted by atomic mass is 9.63. The van der Waals surface area contributed by atoms with E-state index >= 15 is 0 Å². The Labute approximate surface area is 144 Å². The number of benzene rings is 3. The quantitative estimate of drug-likeness (QED) is 0.533. The van der Waals surface area contributed by atoms with Crippen molar-refractivity contribution in [3.63, 3.8) is 0 Å². The van der Waals surface area contributed by atoms with Gasteiger partial charge >= 0.3 is 6.92 Å². The molecule has 0 aliphatic carbocycles. The molecule has 0 aromatic heterocycles. The van der Waals surface area contributed by atoms with Gasteiger partial charge in [0.15, 0.2) is 0 Å². The van der Waals surface area contributed by atoms with Crippen molar-refractivity contribution in [1.29, 1.82) is 0 Å². The maximum atomic E-state index is 9.96. The van der Waals surface area contributed by atoms with Gasteiger partial charge in [0.05, 0.1) is 0 Å². The van der Waals surface area contributed by atoms with E-state index in [9.17, 15) is 5.02 Å². The van der Waals surface area contributed by atoms with E-state index in [1.165, 1.54) is 21.9 Å². The topological polar surface area (TPSA) is 20.2 Å². The summed E-state index contributed by atoms with van der Waals surface area (Å²) in [6, 6.07) is 21.2. The van der Waals surface area contributed by atoms with Gasteiger partial charge in [-0.15, -0.1) is 0 Å². The number of rotatable bonds is 4. The lowest BCUT2D eigenvalue weighted by Gasteiger charge is -2.11. The fourth-order valence-corrected chi connectivity index (χ4v) is 2.95. The molecular formula is C22H23BO. The van der Waals surface area contributed by atoms with E-state index in [0.29, 0.717) is 5.92 Å². The van der Waals surface area contributed by atoms with Crippen molar-refractivity contribution in [1.82, 2.24) is 0 Å². The molecule has 3 aromatic rings. The van der Waals surface area contributed by atoms with Gasteiger partial charge in [0.25, 0.3) is 0 Å². The number of hydrogen-bond donors (Lipinski definition) is 1. The summed E-state index contributed by atoms with van der Waals surface area (Å²) < 4.78 is 0. The van der Waals surface area contributed by atoms with Crippen molar-refractivity contribution in [2.45, 2.75) is 26.6 Å². The molecule has 1 N–H and O–H groups in total. The first-order valence-electron chi connectivity index (χ1n) is 8.53. The lowest BCUT2D eigenvalue weighted by Crippen LogP contribution is -2.26. The van der Waals surface area contributed by atoms with E-state index in [4.69, 9.17) is 0 Å². The predicted octanol–water partition coefficient (Wildman–Crippen LogP) is 4.95. The smallest absolute Gasteiger partial charge is 0.320 e. The van der Waals surface area contributed by atoms with Crippen LogP contribution in [0.15, 0.2) is 60.7 Å². The van der Waals surface area contributed by atoms with E-state index in [1.807, 2.05) is 6.82 Å². The number of hydrogen-bond acceptors (Lipinski definition) is 1. The molecule has 0 amide bonds. The zero-order valence-corrected chi connectivity index (χ0v) is 14.5. The molecule has 0 saturated carbocycles. The van der Waals surface area contributed by atoms with Crippen LogP contribution in [0.2, 0.25) is 6.82 Å². The molecule has 0 atom stereocenters. The third-order valence-corrected chi connectivity index (χ3v) is 4.43. The third-order valence-electron chi connectivity index (χ3n) is 4.43. The predicted molar refractivity (Wildman–Crippen MR) is 107 cm³/mol. The minimum atomic E-state index is -0.451.